The van der Waals surface area contributed by atoms with E-state index in [0.717, 1.165) is 19.6 Å². The third-order valence-electron chi connectivity index (χ3n) is 4.08. The maximum absolute atomic E-state index is 10.3. The van der Waals surface area contributed by atoms with Crippen molar-refractivity contribution in [2.75, 3.05) is 19.6 Å². The Morgan fingerprint density at radius 3 is 2.62 bits per heavy atom. The summed E-state index contributed by atoms with van der Waals surface area (Å²) in [5.74, 6) is 0. The highest BCUT2D eigenvalue weighted by Crippen LogP contribution is 2.26. The fourth-order valence-electron chi connectivity index (χ4n) is 3.17. The first kappa shape index (κ1) is 12.3. The van der Waals surface area contributed by atoms with Crippen LogP contribution in [0, 0.1) is 0 Å². The molecule has 2 unspecified atom stereocenters. The lowest BCUT2D eigenvalue weighted by molar-refractivity contribution is 0.00382. The van der Waals surface area contributed by atoms with E-state index >= 15 is 0 Å². The molecule has 2 N–H and O–H groups in total. The van der Waals surface area contributed by atoms with Gasteiger partial charge in [0.2, 0.25) is 0 Å². The molecule has 0 aromatic carbocycles. The Kier molecular flexibility index (Phi) is 3.88. The lowest BCUT2D eigenvalue weighted by atomic mass is 9.92. The molecular formula is C13H26N2O. The Labute approximate surface area is 99.2 Å². The standard InChI is InChI=1S/C13H26N2O/c1-11-8-14-9-13(2,16)10-15(11)12-6-4-3-5-7-12/h11-12,14,16H,3-10H2,1-2H3. The average Bonchev–Trinajstić information content (AvgIpc) is 2.39. The van der Waals surface area contributed by atoms with Crippen molar-refractivity contribution in [3.8, 4) is 0 Å². The van der Waals surface area contributed by atoms with E-state index < -0.39 is 5.60 Å². The number of hydrogen-bond donors (Lipinski definition) is 2. The highest BCUT2D eigenvalue weighted by atomic mass is 16.3. The third kappa shape index (κ3) is 2.96. The Balaban J connectivity index is 2.03. The molecule has 0 bridgehead atoms. The zero-order valence-corrected chi connectivity index (χ0v) is 10.7. The highest BCUT2D eigenvalue weighted by molar-refractivity contribution is 4.91. The van der Waals surface area contributed by atoms with Gasteiger partial charge in [0.1, 0.15) is 0 Å². The lowest BCUT2D eigenvalue weighted by Gasteiger charge is -2.39. The molecule has 3 heteroatoms. The number of rotatable bonds is 1. The first-order valence-electron chi connectivity index (χ1n) is 6.77. The number of hydrogen-bond acceptors (Lipinski definition) is 3. The van der Waals surface area contributed by atoms with Gasteiger partial charge in [-0.3, -0.25) is 4.90 Å². The van der Waals surface area contributed by atoms with Gasteiger partial charge < -0.3 is 10.4 Å². The molecule has 0 aromatic rings. The van der Waals surface area contributed by atoms with Gasteiger partial charge in [-0.05, 0) is 26.7 Å². The summed E-state index contributed by atoms with van der Waals surface area (Å²) in [6.45, 7) is 6.79. The smallest absolute Gasteiger partial charge is 0.0869 e. The van der Waals surface area contributed by atoms with Gasteiger partial charge in [0.15, 0.2) is 0 Å². The molecule has 94 valence electrons. The SMILES string of the molecule is CC1CNCC(C)(O)CN1C1CCCCC1. The van der Waals surface area contributed by atoms with Crippen molar-refractivity contribution in [1.29, 1.82) is 0 Å². The van der Waals surface area contributed by atoms with Crippen LogP contribution >= 0.6 is 0 Å². The van der Waals surface area contributed by atoms with Crippen LogP contribution in [-0.4, -0.2) is 47.3 Å². The van der Waals surface area contributed by atoms with E-state index in [-0.39, 0.29) is 0 Å². The van der Waals surface area contributed by atoms with Gasteiger partial charge in [0.05, 0.1) is 5.60 Å². The number of β-amino-alcohol motifs (C(OH)–C–C–N with tert-alkyl or cyclic N) is 1. The predicted octanol–water partition coefficient (Wildman–Crippen LogP) is 1.36. The van der Waals surface area contributed by atoms with Crippen LogP contribution in [0.5, 0.6) is 0 Å². The van der Waals surface area contributed by atoms with E-state index in [4.69, 9.17) is 0 Å². The second-order valence-corrected chi connectivity index (χ2v) is 5.94. The van der Waals surface area contributed by atoms with Crippen LogP contribution in [0.4, 0.5) is 0 Å². The maximum Gasteiger partial charge on any atom is 0.0869 e. The summed E-state index contributed by atoms with van der Waals surface area (Å²) >= 11 is 0. The van der Waals surface area contributed by atoms with Gasteiger partial charge >= 0.3 is 0 Å². The zero-order chi connectivity index (χ0) is 11.6. The third-order valence-corrected chi connectivity index (χ3v) is 4.08. The van der Waals surface area contributed by atoms with Gasteiger partial charge in [-0.1, -0.05) is 19.3 Å². The first-order valence-corrected chi connectivity index (χ1v) is 6.77. The van der Waals surface area contributed by atoms with Crippen LogP contribution in [0.25, 0.3) is 0 Å². The molecule has 0 spiro atoms. The Hall–Kier alpha value is -0.120. The quantitative estimate of drug-likeness (QED) is 0.709. The summed E-state index contributed by atoms with van der Waals surface area (Å²) < 4.78 is 0. The Bertz CT molecular complexity index is 224. The Morgan fingerprint density at radius 2 is 1.94 bits per heavy atom. The normalized spacial score (nSPS) is 39.6. The van der Waals surface area contributed by atoms with Crippen LogP contribution in [0.3, 0.4) is 0 Å². The molecule has 1 saturated carbocycles. The van der Waals surface area contributed by atoms with Crippen LogP contribution in [-0.2, 0) is 0 Å². The summed E-state index contributed by atoms with van der Waals surface area (Å²) in [6, 6.07) is 1.26. The van der Waals surface area contributed by atoms with Crippen molar-refractivity contribution in [1.82, 2.24) is 10.2 Å². The highest BCUT2D eigenvalue weighted by Gasteiger charge is 2.34. The topological polar surface area (TPSA) is 35.5 Å². The fourth-order valence-corrected chi connectivity index (χ4v) is 3.17. The van der Waals surface area contributed by atoms with Crippen LogP contribution in [0.15, 0.2) is 0 Å². The lowest BCUT2D eigenvalue weighted by Crippen LogP contribution is -2.50. The van der Waals surface area contributed by atoms with Gasteiger partial charge in [0.25, 0.3) is 0 Å². The zero-order valence-electron chi connectivity index (χ0n) is 10.7. The van der Waals surface area contributed by atoms with Crippen molar-refractivity contribution in [2.24, 2.45) is 0 Å². The maximum atomic E-state index is 10.3. The molecule has 2 aliphatic rings. The average molecular weight is 226 g/mol. The summed E-state index contributed by atoms with van der Waals surface area (Å²) in [6.07, 6.45) is 6.76. The molecule has 1 aliphatic carbocycles. The Morgan fingerprint density at radius 1 is 1.25 bits per heavy atom. The van der Waals surface area contributed by atoms with E-state index in [1.807, 2.05) is 6.92 Å². The molecule has 0 radical (unpaired) electrons. The van der Waals surface area contributed by atoms with Crippen molar-refractivity contribution in [3.63, 3.8) is 0 Å². The van der Waals surface area contributed by atoms with Crippen molar-refractivity contribution in [2.45, 2.75) is 63.6 Å². The van der Waals surface area contributed by atoms with E-state index in [1.54, 1.807) is 0 Å². The molecule has 2 atom stereocenters. The first-order chi connectivity index (χ1) is 7.58. The van der Waals surface area contributed by atoms with Crippen LogP contribution < -0.4 is 5.32 Å². The second-order valence-electron chi connectivity index (χ2n) is 5.94. The van der Waals surface area contributed by atoms with Gasteiger partial charge in [-0.2, -0.15) is 0 Å². The number of nitrogens with one attached hydrogen (secondary N) is 1. The second kappa shape index (κ2) is 5.03. The molecule has 2 rings (SSSR count). The number of aliphatic hydroxyl groups is 1. The van der Waals surface area contributed by atoms with Crippen LogP contribution in [0.1, 0.15) is 46.0 Å². The molecule has 3 nitrogen and oxygen atoms in total. The summed E-state index contributed by atoms with van der Waals surface area (Å²) in [5, 5.41) is 13.6. The van der Waals surface area contributed by atoms with E-state index in [2.05, 4.69) is 17.1 Å². The molecule has 0 aromatic heterocycles. The molecule has 2 fully saturated rings. The van der Waals surface area contributed by atoms with E-state index in [0.29, 0.717) is 12.1 Å². The van der Waals surface area contributed by atoms with E-state index in [1.165, 1.54) is 32.1 Å². The molecular weight excluding hydrogens is 200 g/mol. The van der Waals surface area contributed by atoms with Crippen LogP contribution in [0.2, 0.25) is 0 Å². The molecule has 0 amide bonds. The minimum atomic E-state index is -0.567. The summed E-state index contributed by atoms with van der Waals surface area (Å²) in [4.78, 5) is 2.54. The number of nitrogens with zero attached hydrogens (tertiary/aromatic N) is 1. The van der Waals surface area contributed by atoms with Gasteiger partial charge in [-0.15, -0.1) is 0 Å². The molecule has 1 saturated heterocycles. The molecule has 1 heterocycles. The molecule has 16 heavy (non-hydrogen) atoms. The van der Waals surface area contributed by atoms with Crippen molar-refractivity contribution < 1.29 is 5.11 Å². The van der Waals surface area contributed by atoms with E-state index in [9.17, 15) is 5.11 Å². The minimum Gasteiger partial charge on any atom is -0.388 e. The van der Waals surface area contributed by atoms with Gasteiger partial charge in [0, 0.05) is 31.7 Å². The van der Waals surface area contributed by atoms with Crippen molar-refractivity contribution in [3.05, 3.63) is 0 Å². The fraction of sp³-hybridized carbons (Fsp3) is 1.00. The predicted molar refractivity (Wildman–Crippen MR) is 66.5 cm³/mol. The summed E-state index contributed by atoms with van der Waals surface area (Å²) in [5.41, 5.74) is -0.567. The molecule has 1 aliphatic heterocycles. The minimum absolute atomic E-state index is 0.553. The monoisotopic (exact) mass is 226 g/mol. The summed E-state index contributed by atoms with van der Waals surface area (Å²) in [7, 11) is 0. The van der Waals surface area contributed by atoms with Gasteiger partial charge in [-0.25, -0.2) is 0 Å². The largest absolute Gasteiger partial charge is 0.388 e. The van der Waals surface area contributed by atoms with Crippen molar-refractivity contribution >= 4 is 0 Å².